The van der Waals surface area contributed by atoms with Crippen LogP contribution in [0, 0.1) is 5.92 Å². The van der Waals surface area contributed by atoms with Crippen molar-refractivity contribution in [1.82, 2.24) is 9.03 Å². The molecule has 0 bridgehead atoms. The molecule has 2 rings (SSSR count). The second kappa shape index (κ2) is 6.05. The van der Waals surface area contributed by atoms with Crippen LogP contribution in [-0.2, 0) is 14.9 Å². The van der Waals surface area contributed by atoms with E-state index in [4.69, 9.17) is 10.5 Å². The predicted molar refractivity (Wildman–Crippen MR) is 73.9 cm³/mol. The van der Waals surface area contributed by atoms with Gasteiger partial charge in [0, 0.05) is 26.7 Å². The lowest BCUT2D eigenvalue weighted by molar-refractivity contribution is -0.0661. The van der Waals surface area contributed by atoms with Gasteiger partial charge in [-0.2, -0.15) is 17.4 Å². The van der Waals surface area contributed by atoms with E-state index in [0.717, 1.165) is 32.1 Å². The minimum atomic E-state index is -3.40. The molecule has 2 aliphatic rings. The average molecular weight is 291 g/mol. The average Bonchev–Trinajstić information content (AvgIpc) is 2.38. The first-order valence-corrected chi connectivity index (χ1v) is 8.45. The molecule has 1 atom stereocenters. The maximum absolute atomic E-state index is 12.3. The minimum absolute atomic E-state index is 0.282. The Kier molecular flexibility index (Phi) is 4.84. The maximum Gasteiger partial charge on any atom is 0.279 e. The Morgan fingerprint density at radius 1 is 1.42 bits per heavy atom. The van der Waals surface area contributed by atoms with Gasteiger partial charge >= 0.3 is 0 Å². The van der Waals surface area contributed by atoms with Crippen LogP contribution in [0.5, 0.6) is 0 Å². The smallest absolute Gasteiger partial charge is 0.279 e. The molecule has 6 nitrogen and oxygen atoms in total. The van der Waals surface area contributed by atoms with Gasteiger partial charge < -0.3 is 10.5 Å². The molecular weight excluding hydrogens is 266 g/mol. The van der Waals surface area contributed by atoms with Gasteiger partial charge in [0.05, 0.1) is 5.60 Å². The van der Waals surface area contributed by atoms with E-state index < -0.39 is 10.2 Å². The van der Waals surface area contributed by atoms with E-state index in [9.17, 15) is 8.42 Å². The van der Waals surface area contributed by atoms with Crippen molar-refractivity contribution in [2.24, 2.45) is 11.7 Å². The first-order valence-electron chi connectivity index (χ1n) is 7.01. The second-order valence-corrected chi connectivity index (χ2v) is 7.42. The second-order valence-electron chi connectivity index (χ2n) is 5.67. The van der Waals surface area contributed by atoms with Crippen LogP contribution in [0.3, 0.4) is 0 Å². The molecule has 1 saturated heterocycles. The summed E-state index contributed by atoms with van der Waals surface area (Å²) in [5.74, 6) is 0.283. The van der Waals surface area contributed by atoms with Gasteiger partial charge in [-0.1, -0.05) is 0 Å². The molecule has 0 aromatic rings. The van der Waals surface area contributed by atoms with Gasteiger partial charge in [-0.3, -0.25) is 0 Å². The van der Waals surface area contributed by atoms with Crippen LogP contribution in [0.25, 0.3) is 0 Å². The van der Waals surface area contributed by atoms with Crippen LogP contribution in [0.2, 0.25) is 0 Å². The molecule has 112 valence electrons. The van der Waals surface area contributed by atoms with Crippen LogP contribution >= 0.6 is 0 Å². The fourth-order valence-corrected chi connectivity index (χ4v) is 4.18. The van der Waals surface area contributed by atoms with Crippen LogP contribution in [0.4, 0.5) is 0 Å². The summed E-state index contributed by atoms with van der Waals surface area (Å²) in [6, 6.07) is 0. The quantitative estimate of drug-likeness (QED) is 0.725. The molecule has 1 unspecified atom stereocenters. The molecule has 19 heavy (non-hydrogen) atoms. The van der Waals surface area contributed by atoms with E-state index in [1.165, 1.54) is 4.31 Å². The Balaban J connectivity index is 1.90. The largest absolute Gasteiger partial charge is 0.377 e. The number of nitrogens with zero attached hydrogens (tertiary/aromatic N) is 1. The monoisotopic (exact) mass is 291 g/mol. The van der Waals surface area contributed by atoms with Gasteiger partial charge in [-0.25, -0.2) is 0 Å². The molecule has 0 aromatic heterocycles. The van der Waals surface area contributed by atoms with Crippen molar-refractivity contribution < 1.29 is 13.2 Å². The summed E-state index contributed by atoms with van der Waals surface area (Å²) in [6.07, 6.45) is 4.87. The van der Waals surface area contributed by atoms with Crippen molar-refractivity contribution in [2.75, 3.05) is 33.3 Å². The number of nitrogens with two attached hydrogens (primary N) is 1. The summed E-state index contributed by atoms with van der Waals surface area (Å²) < 4.78 is 34.2. The summed E-state index contributed by atoms with van der Waals surface area (Å²) in [6.45, 7) is 2.04. The standard InChI is InChI=1S/C12H25N3O3S/c1-18-12(5-3-6-12)10-14-19(16,17)15-7-2-4-11(8-13)9-15/h11,14H,2-10,13H2,1H3. The van der Waals surface area contributed by atoms with Crippen molar-refractivity contribution in [1.29, 1.82) is 0 Å². The first-order chi connectivity index (χ1) is 9.01. The van der Waals surface area contributed by atoms with Gasteiger partial charge in [-0.05, 0) is 44.6 Å². The molecule has 0 amide bonds. The Morgan fingerprint density at radius 3 is 2.68 bits per heavy atom. The number of ether oxygens (including phenoxy) is 1. The molecule has 0 spiro atoms. The van der Waals surface area contributed by atoms with Crippen LogP contribution < -0.4 is 10.5 Å². The van der Waals surface area contributed by atoms with Crippen molar-refractivity contribution in [3.63, 3.8) is 0 Å². The first kappa shape index (κ1) is 15.2. The number of methoxy groups -OCH3 is 1. The SMILES string of the molecule is COC1(CNS(=O)(=O)N2CCCC(CN)C2)CCC1. The van der Waals surface area contributed by atoms with E-state index in [0.29, 0.717) is 26.2 Å². The number of hydrogen-bond acceptors (Lipinski definition) is 4. The zero-order valence-corrected chi connectivity index (χ0v) is 12.4. The molecule has 1 aliphatic heterocycles. The molecule has 0 aromatic carbocycles. The zero-order chi connectivity index (χ0) is 13.9. The molecule has 1 heterocycles. The van der Waals surface area contributed by atoms with E-state index in [1.54, 1.807) is 7.11 Å². The Labute approximate surface area is 115 Å². The van der Waals surface area contributed by atoms with Gasteiger partial charge in [0.25, 0.3) is 10.2 Å². The van der Waals surface area contributed by atoms with Gasteiger partial charge in [-0.15, -0.1) is 0 Å². The summed E-state index contributed by atoms with van der Waals surface area (Å²) in [5.41, 5.74) is 5.36. The van der Waals surface area contributed by atoms with Gasteiger partial charge in [0.15, 0.2) is 0 Å². The van der Waals surface area contributed by atoms with E-state index in [2.05, 4.69) is 4.72 Å². The van der Waals surface area contributed by atoms with E-state index in [1.807, 2.05) is 0 Å². The molecule has 3 N–H and O–H groups in total. The maximum atomic E-state index is 12.3. The predicted octanol–water partition coefficient (Wildman–Crippen LogP) is 0.0606. The van der Waals surface area contributed by atoms with Crippen molar-refractivity contribution in [3.8, 4) is 0 Å². The minimum Gasteiger partial charge on any atom is -0.377 e. The van der Waals surface area contributed by atoms with Crippen LogP contribution in [0.15, 0.2) is 0 Å². The molecular formula is C12H25N3O3S. The Bertz CT molecular complexity index is 390. The van der Waals surface area contributed by atoms with E-state index >= 15 is 0 Å². The summed E-state index contributed by atoms with van der Waals surface area (Å²) >= 11 is 0. The molecule has 0 radical (unpaired) electrons. The number of rotatable bonds is 6. The number of piperidine rings is 1. The third kappa shape index (κ3) is 3.46. The highest BCUT2D eigenvalue weighted by Gasteiger charge is 2.39. The highest BCUT2D eigenvalue weighted by Crippen LogP contribution is 2.34. The number of hydrogen-bond donors (Lipinski definition) is 2. The number of nitrogens with one attached hydrogen (secondary N) is 1. The Morgan fingerprint density at radius 2 is 2.16 bits per heavy atom. The molecule has 1 saturated carbocycles. The molecule has 2 fully saturated rings. The third-order valence-corrected chi connectivity index (χ3v) is 5.95. The van der Waals surface area contributed by atoms with Crippen molar-refractivity contribution >= 4 is 10.2 Å². The summed E-state index contributed by atoms with van der Waals surface area (Å²) in [5, 5.41) is 0. The highest BCUT2D eigenvalue weighted by atomic mass is 32.2. The lowest BCUT2D eigenvalue weighted by Gasteiger charge is -2.41. The summed E-state index contributed by atoms with van der Waals surface area (Å²) in [7, 11) is -1.75. The lowest BCUT2D eigenvalue weighted by Crippen LogP contribution is -2.54. The third-order valence-electron chi connectivity index (χ3n) is 4.43. The lowest BCUT2D eigenvalue weighted by atomic mass is 9.80. The van der Waals surface area contributed by atoms with E-state index in [-0.39, 0.29) is 11.5 Å². The zero-order valence-electron chi connectivity index (χ0n) is 11.6. The van der Waals surface area contributed by atoms with Crippen molar-refractivity contribution in [3.05, 3.63) is 0 Å². The van der Waals surface area contributed by atoms with Gasteiger partial charge in [0.1, 0.15) is 0 Å². The molecule has 7 heteroatoms. The van der Waals surface area contributed by atoms with Gasteiger partial charge in [0.2, 0.25) is 0 Å². The fraction of sp³-hybridized carbons (Fsp3) is 1.00. The molecule has 1 aliphatic carbocycles. The van der Waals surface area contributed by atoms with Crippen LogP contribution in [0.1, 0.15) is 32.1 Å². The van der Waals surface area contributed by atoms with Crippen LogP contribution in [-0.4, -0.2) is 51.6 Å². The van der Waals surface area contributed by atoms with Crippen molar-refractivity contribution in [2.45, 2.75) is 37.7 Å². The summed E-state index contributed by atoms with van der Waals surface area (Å²) in [4.78, 5) is 0. The fourth-order valence-electron chi connectivity index (χ4n) is 2.78. The topological polar surface area (TPSA) is 84.7 Å². The Hall–Kier alpha value is -0.210. The normalized spacial score (nSPS) is 28.0. The highest BCUT2D eigenvalue weighted by molar-refractivity contribution is 7.87.